The van der Waals surface area contributed by atoms with E-state index in [9.17, 15) is 9.59 Å². The molecule has 3 N–H and O–H groups in total. The van der Waals surface area contributed by atoms with Gasteiger partial charge in [0.2, 0.25) is 0 Å². The second-order valence-corrected chi connectivity index (χ2v) is 5.70. The van der Waals surface area contributed by atoms with Gasteiger partial charge < -0.3 is 15.4 Å². The van der Waals surface area contributed by atoms with Gasteiger partial charge >= 0.3 is 0 Å². The van der Waals surface area contributed by atoms with Gasteiger partial charge in [-0.3, -0.25) is 14.7 Å². The molecule has 0 spiro atoms. The van der Waals surface area contributed by atoms with E-state index >= 15 is 0 Å². The first-order valence-electron chi connectivity index (χ1n) is 7.40. The van der Waals surface area contributed by atoms with Crippen molar-refractivity contribution < 1.29 is 14.3 Å². The smallest absolute Gasteiger partial charge is 0.269 e. The molecule has 3 heterocycles. The normalized spacial score (nSPS) is 26.0. The van der Waals surface area contributed by atoms with Crippen molar-refractivity contribution in [2.24, 2.45) is 5.73 Å². The summed E-state index contributed by atoms with van der Waals surface area (Å²) >= 11 is 0. The minimum atomic E-state index is -0.541. The summed E-state index contributed by atoms with van der Waals surface area (Å²) in [5, 5.41) is 6.78. The minimum absolute atomic E-state index is 0.0897. The molecule has 0 aliphatic carbocycles. The van der Waals surface area contributed by atoms with Crippen LogP contribution in [0, 0.1) is 0 Å². The molecule has 2 aliphatic rings. The Labute approximate surface area is 122 Å². The Morgan fingerprint density at radius 1 is 1.38 bits per heavy atom. The van der Waals surface area contributed by atoms with E-state index in [4.69, 9.17) is 10.5 Å². The molecule has 114 valence electrons. The minimum Gasteiger partial charge on any atom is -0.368 e. The lowest BCUT2D eigenvalue weighted by Gasteiger charge is -2.33. The van der Waals surface area contributed by atoms with Gasteiger partial charge in [-0.05, 0) is 31.7 Å². The third kappa shape index (κ3) is 2.92. The van der Waals surface area contributed by atoms with Crippen molar-refractivity contribution in [3.05, 3.63) is 17.5 Å². The Hall–Kier alpha value is -1.89. The van der Waals surface area contributed by atoms with E-state index in [1.807, 2.05) is 4.90 Å². The zero-order chi connectivity index (χ0) is 14.8. The number of nitrogens with zero attached hydrogens (tertiary/aromatic N) is 2. The number of nitrogens with one attached hydrogen (secondary N) is 1. The number of H-pyrrole nitrogens is 1. The van der Waals surface area contributed by atoms with Gasteiger partial charge in [0.15, 0.2) is 0 Å². The summed E-state index contributed by atoms with van der Waals surface area (Å²) in [7, 11) is 0. The second kappa shape index (κ2) is 5.85. The van der Waals surface area contributed by atoms with Gasteiger partial charge in [0.1, 0.15) is 11.8 Å². The van der Waals surface area contributed by atoms with E-state index in [2.05, 4.69) is 10.2 Å². The highest BCUT2D eigenvalue weighted by atomic mass is 16.5. The first-order valence-corrected chi connectivity index (χ1v) is 7.40. The van der Waals surface area contributed by atoms with E-state index in [1.165, 1.54) is 0 Å². The van der Waals surface area contributed by atoms with E-state index in [0.29, 0.717) is 13.2 Å². The molecule has 7 heteroatoms. The summed E-state index contributed by atoms with van der Waals surface area (Å²) in [6, 6.07) is 1.69. The van der Waals surface area contributed by atoms with Gasteiger partial charge in [-0.2, -0.15) is 5.10 Å². The molecule has 2 amide bonds. The Morgan fingerprint density at radius 2 is 2.24 bits per heavy atom. The summed E-state index contributed by atoms with van der Waals surface area (Å²) in [6.45, 7) is 2.08. The predicted octanol–water partition coefficient (Wildman–Crippen LogP) is 0.394. The summed E-state index contributed by atoms with van der Waals surface area (Å²) in [6.07, 6.45) is 3.40. The van der Waals surface area contributed by atoms with E-state index in [0.717, 1.165) is 37.9 Å². The van der Waals surface area contributed by atoms with Crippen LogP contribution in [-0.4, -0.2) is 52.7 Å². The second-order valence-electron chi connectivity index (χ2n) is 5.70. The highest BCUT2D eigenvalue weighted by Gasteiger charge is 2.32. The molecule has 3 rings (SSSR count). The summed E-state index contributed by atoms with van der Waals surface area (Å²) < 4.78 is 5.47. The number of carbonyl (C=O) groups is 2. The molecule has 0 bridgehead atoms. The maximum Gasteiger partial charge on any atom is 0.269 e. The van der Waals surface area contributed by atoms with Crippen LogP contribution in [0.1, 0.15) is 47.8 Å². The van der Waals surface area contributed by atoms with Gasteiger partial charge in [-0.25, -0.2) is 0 Å². The lowest BCUT2D eigenvalue weighted by atomic mass is 9.94. The van der Waals surface area contributed by atoms with E-state index < -0.39 is 5.91 Å². The van der Waals surface area contributed by atoms with Crippen LogP contribution in [0.4, 0.5) is 0 Å². The maximum atomic E-state index is 12.4. The number of piperidine rings is 1. The molecule has 1 aromatic rings. The molecule has 7 nitrogen and oxygen atoms in total. The molecule has 1 aromatic heterocycles. The molecule has 0 saturated carbocycles. The number of hydrogen-bond donors (Lipinski definition) is 2. The number of rotatable bonds is 3. The third-order valence-corrected chi connectivity index (χ3v) is 4.23. The zero-order valence-corrected chi connectivity index (χ0v) is 11.9. The van der Waals surface area contributed by atoms with Gasteiger partial charge in [0, 0.05) is 31.3 Å². The number of likely N-dealkylation sites (tertiary alicyclic amines) is 1. The quantitative estimate of drug-likeness (QED) is 0.841. The lowest BCUT2D eigenvalue weighted by molar-refractivity contribution is -0.142. The molecule has 2 fully saturated rings. The number of aromatic nitrogens is 2. The fourth-order valence-electron chi connectivity index (χ4n) is 3.08. The fourth-order valence-corrected chi connectivity index (χ4v) is 3.08. The van der Waals surface area contributed by atoms with Crippen LogP contribution >= 0.6 is 0 Å². The topological polar surface area (TPSA) is 101 Å². The van der Waals surface area contributed by atoms with Crippen LogP contribution in [0.3, 0.4) is 0 Å². The van der Waals surface area contributed by atoms with Gasteiger partial charge in [-0.1, -0.05) is 0 Å². The Morgan fingerprint density at radius 3 is 2.90 bits per heavy atom. The average Bonchev–Trinajstić information content (AvgIpc) is 3.18. The molecule has 2 aliphatic heterocycles. The Kier molecular flexibility index (Phi) is 3.92. The molecule has 0 unspecified atom stereocenters. The summed E-state index contributed by atoms with van der Waals surface area (Å²) in [5.74, 6) is -0.280. The van der Waals surface area contributed by atoms with Crippen LogP contribution in [0.2, 0.25) is 0 Å². The van der Waals surface area contributed by atoms with Crippen molar-refractivity contribution in [1.29, 1.82) is 0 Å². The van der Waals surface area contributed by atoms with Gasteiger partial charge in [-0.15, -0.1) is 0 Å². The molecule has 2 atom stereocenters. The van der Waals surface area contributed by atoms with Crippen molar-refractivity contribution >= 4 is 11.8 Å². The molecule has 0 aromatic carbocycles. The average molecular weight is 292 g/mol. The van der Waals surface area contributed by atoms with Crippen molar-refractivity contribution in [2.45, 2.75) is 37.7 Å². The van der Waals surface area contributed by atoms with Crippen LogP contribution in [0.15, 0.2) is 6.07 Å². The fraction of sp³-hybridized carbons (Fsp3) is 0.643. The molecule has 2 saturated heterocycles. The van der Waals surface area contributed by atoms with Crippen molar-refractivity contribution in [2.75, 3.05) is 19.7 Å². The monoisotopic (exact) mass is 292 g/mol. The number of hydrogen-bond acceptors (Lipinski definition) is 4. The highest BCUT2D eigenvalue weighted by molar-refractivity contribution is 5.90. The highest BCUT2D eigenvalue weighted by Crippen LogP contribution is 2.27. The Bertz CT molecular complexity index is 536. The SMILES string of the molecule is NC(=O)c1cc([C@@H]2CCCN(C(=O)[C@@H]3CCCO3)C2)[nH]n1. The number of ether oxygens (including phenoxy) is 1. The van der Waals surface area contributed by atoms with Crippen LogP contribution < -0.4 is 5.73 Å². The van der Waals surface area contributed by atoms with Crippen molar-refractivity contribution in [3.63, 3.8) is 0 Å². The largest absolute Gasteiger partial charge is 0.368 e. The standard InChI is InChI=1S/C14H20N4O3/c15-13(19)11-7-10(16-17-11)9-3-1-5-18(8-9)14(20)12-4-2-6-21-12/h7,9,12H,1-6,8H2,(H2,15,19)(H,16,17)/t9-,12+/m1/s1. The lowest BCUT2D eigenvalue weighted by Crippen LogP contribution is -2.44. The van der Waals surface area contributed by atoms with Crippen molar-refractivity contribution in [1.82, 2.24) is 15.1 Å². The molecular weight excluding hydrogens is 272 g/mol. The Balaban J connectivity index is 1.67. The third-order valence-electron chi connectivity index (χ3n) is 4.23. The van der Waals surface area contributed by atoms with Crippen LogP contribution in [0.5, 0.6) is 0 Å². The number of amides is 2. The first-order chi connectivity index (χ1) is 10.1. The van der Waals surface area contributed by atoms with Crippen LogP contribution in [-0.2, 0) is 9.53 Å². The van der Waals surface area contributed by atoms with Gasteiger partial charge in [0.25, 0.3) is 11.8 Å². The van der Waals surface area contributed by atoms with E-state index in [1.54, 1.807) is 6.07 Å². The first kappa shape index (κ1) is 14.1. The molecule has 21 heavy (non-hydrogen) atoms. The van der Waals surface area contributed by atoms with Crippen LogP contribution in [0.25, 0.3) is 0 Å². The number of primary amides is 1. The number of aromatic amines is 1. The summed E-state index contributed by atoms with van der Waals surface area (Å²) in [4.78, 5) is 25.4. The van der Waals surface area contributed by atoms with Gasteiger partial charge in [0.05, 0.1) is 0 Å². The maximum absolute atomic E-state index is 12.4. The number of carbonyl (C=O) groups excluding carboxylic acids is 2. The van der Waals surface area contributed by atoms with Crippen molar-refractivity contribution in [3.8, 4) is 0 Å². The predicted molar refractivity (Wildman–Crippen MR) is 74.6 cm³/mol. The van der Waals surface area contributed by atoms with E-state index in [-0.39, 0.29) is 23.6 Å². The molecular formula is C14H20N4O3. The zero-order valence-electron chi connectivity index (χ0n) is 11.9. The number of nitrogens with two attached hydrogens (primary N) is 1. The molecule has 0 radical (unpaired) electrons. The summed E-state index contributed by atoms with van der Waals surface area (Å²) in [5.41, 5.74) is 6.32.